The summed E-state index contributed by atoms with van der Waals surface area (Å²) in [6, 6.07) is 19.5. The van der Waals surface area contributed by atoms with Crippen molar-refractivity contribution in [3.63, 3.8) is 0 Å². The van der Waals surface area contributed by atoms with Gasteiger partial charge in [-0.2, -0.15) is 10.4 Å². The smallest absolute Gasteiger partial charge is 0.280 e. The minimum Gasteiger partial charge on any atom is -0.496 e. The first-order chi connectivity index (χ1) is 18.4. The molecule has 0 atom stereocenters. The number of halogens is 2. The van der Waals surface area contributed by atoms with Crippen molar-refractivity contribution in [1.82, 2.24) is 14.8 Å². The van der Waals surface area contributed by atoms with Crippen LogP contribution in [0.3, 0.4) is 0 Å². The normalized spacial score (nSPS) is 11.2. The molecule has 2 aromatic heterocycles. The third-order valence-electron chi connectivity index (χ3n) is 5.74. The molecule has 9 heteroatoms. The fourth-order valence-corrected chi connectivity index (χ4v) is 4.79. The Labute approximate surface area is 223 Å². The van der Waals surface area contributed by atoms with Crippen molar-refractivity contribution in [3.8, 4) is 22.9 Å². The Hall–Kier alpha value is -4.29. The molecule has 4 rings (SSSR count). The first-order valence-electron chi connectivity index (χ1n) is 11.8. The van der Waals surface area contributed by atoms with Gasteiger partial charge in [0.15, 0.2) is 0 Å². The molecule has 0 aliphatic carbocycles. The number of thioether (sulfide) groups is 1. The summed E-state index contributed by atoms with van der Waals surface area (Å²) in [5, 5.41) is 14.3. The van der Waals surface area contributed by atoms with E-state index in [0.717, 1.165) is 11.1 Å². The highest BCUT2D eigenvalue weighted by Gasteiger charge is 2.19. The summed E-state index contributed by atoms with van der Waals surface area (Å²) in [5.41, 5.74) is 2.79. The molecule has 38 heavy (non-hydrogen) atoms. The summed E-state index contributed by atoms with van der Waals surface area (Å²) >= 11 is 1.18. The van der Waals surface area contributed by atoms with Crippen molar-refractivity contribution in [3.05, 3.63) is 101 Å². The minimum atomic E-state index is -2.78. The highest BCUT2D eigenvalue weighted by Crippen LogP contribution is 2.36. The van der Waals surface area contributed by atoms with Crippen LogP contribution in [-0.4, -0.2) is 27.7 Å². The van der Waals surface area contributed by atoms with Gasteiger partial charge in [0.25, 0.3) is 6.43 Å². The van der Waals surface area contributed by atoms with Gasteiger partial charge < -0.3 is 4.74 Å². The van der Waals surface area contributed by atoms with Gasteiger partial charge in [-0.3, -0.25) is 9.48 Å². The quantitative estimate of drug-likeness (QED) is 0.125. The van der Waals surface area contributed by atoms with Crippen molar-refractivity contribution >= 4 is 23.6 Å². The molecule has 2 heterocycles. The number of hydrogen-bond donors (Lipinski definition) is 0. The Morgan fingerprint density at radius 1 is 1.18 bits per heavy atom. The van der Waals surface area contributed by atoms with Crippen LogP contribution in [-0.2, 0) is 12.3 Å². The number of methoxy groups -OCH3 is 1. The van der Waals surface area contributed by atoms with Gasteiger partial charge in [-0.1, -0.05) is 42.5 Å². The van der Waals surface area contributed by atoms with E-state index in [2.05, 4.69) is 16.2 Å². The molecule has 0 spiro atoms. The highest BCUT2D eigenvalue weighted by molar-refractivity contribution is 7.98. The summed E-state index contributed by atoms with van der Waals surface area (Å²) in [5.74, 6) is 0.681. The Morgan fingerprint density at radius 2 is 1.97 bits per heavy atom. The number of benzene rings is 2. The second kappa shape index (κ2) is 12.3. The number of rotatable bonds is 10. The zero-order valence-corrected chi connectivity index (χ0v) is 21.6. The number of ketones is 1. The monoisotopic (exact) mass is 530 g/mol. The van der Waals surface area contributed by atoms with Gasteiger partial charge >= 0.3 is 0 Å². The van der Waals surface area contributed by atoms with E-state index in [9.17, 15) is 18.8 Å². The van der Waals surface area contributed by atoms with Crippen molar-refractivity contribution < 1.29 is 18.3 Å². The largest absolute Gasteiger partial charge is 0.496 e. The van der Waals surface area contributed by atoms with Crippen LogP contribution in [0.25, 0.3) is 17.2 Å². The number of aromatic nitrogens is 3. The average molecular weight is 531 g/mol. The van der Waals surface area contributed by atoms with E-state index in [0.29, 0.717) is 34.9 Å². The summed E-state index contributed by atoms with van der Waals surface area (Å²) in [4.78, 5) is 16.6. The number of nitriles is 1. The molecule has 192 valence electrons. The van der Waals surface area contributed by atoms with Crippen LogP contribution < -0.4 is 4.74 Å². The molecule has 0 amide bonds. The van der Waals surface area contributed by atoms with Gasteiger partial charge in [0.05, 0.1) is 12.7 Å². The van der Waals surface area contributed by atoms with E-state index >= 15 is 0 Å². The molecule has 0 unspecified atom stereocenters. The van der Waals surface area contributed by atoms with Crippen LogP contribution in [0.15, 0.2) is 78.0 Å². The molecule has 6 nitrogen and oxygen atoms in total. The van der Waals surface area contributed by atoms with Gasteiger partial charge in [0.2, 0.25) is 5.78 Å². The molecular formula is C29H24F2N4O2S. The fraction of sp³-hybridized carbons (Fsp3) is 0.172. The SMILES string of the molecule is CCn1ccc(C(=O)/C=C/c2ccc(OC)c(CSc3nc(C(F)F)cc(-c4ccccc4)c3C#N)c2)n1. The lowest BCUT2D eigenvalue weighted by atomic mass is 10.0. The fourth-order valence-electron chi connectivity index (χ4n) is 3.80. The van der Waals surface area contributed by atoms with E-state index in [4.69, 9.17) is 4.74 Å². The number of allylic oxidation sites excluding steroid dienone is 1. The summed E-state index contributed by atoms with van der Waals surface area (Å²) < 4.78 is 34.6. The minimum absolute atomic E-state index is 0.217. The molecule has 0 fully saturated rings. The standard InChI is InChI=1S/C29H24F2N4O2S/c1-3-35-14-13-24(34-35)26(36)11-9-19-10-12-27(37-2)21(15-19)18-38-29-23(17-32)22(16-25(33-29)28(30)31)20-7-5-4-6-8-20/h4-16,28H,3,18H2,1-2H3/b11-9+. The Kier molecular flexibility index (Phi) is 8.66. The number of carbonyl (C=O) groups excluding carboxylic acids is 1. The summed E-state index contributed by atoms with van der Waals surface area (Å²) in [6.07, 6.45) is 2.10. The molecule has 4 aromatic rings. The van der Waals surface area contributed by atoms with E-state index in [1.54, 1.807) is 53.4 Å². The lowest BCUT2D eigenvalue weighted by molar-refractivity contribution is 0.104. The van der Waals surface area contributed by atoms with Crippen molar-refractivity contribution in [2.45, 2.75) is 30.7 Å². The Bertz CT molecular complexity index is 1510. The summed E-state index contributed by atoms with van der Waals surface area (Å²) in [7, 11) is 1.54. The molecule has 0 saturated heterocycles. The van der Waals surface area contributed by atoms with Gasteiger partial charge in [-0.25, -0.2) is 13.8 Å². The number of nitrogens with zero attached hydrogens (tertiary/aromatic N) is 4. The van der Waals surface area contributed by atoms with Crippen LogP contribution >= 0.6 is 11.8 Å². The average Bonchev–Trinajstić information content (AvgIpc) is 3.44. The molecule has 0 saturated carbocycles. The second-order valence-electron chi connectivity index (χ2n) is 8.17. The van der Waals surface area contributed by atoms with Crippen molar-refractivity contribution in [2.24, 2.45) is 0 Å². The Balaban J connectivity index is 1.62. The lowest BCUT2D eigenvalue weighted by Gasteiger charge is -2.13. The number of carbonyl (C=O) groups is 1. The van der Waals surface area contributed by atoms with Crippen LogP contribution in [0.5, 0.6) is 5.75 Å². The molecule has 0 N–H and O–H groups in total. The zero-order chi connectivity index (χ0) is 27.1. The Morgan fingerprint density at radius 3 is 2.63 bits per heavy atom. The van der Waals surface area contributed by atoms with Crippen molar-refractivity contribution in [2.75, 3.05) is 7.11 Å². The van der Waals surface area contributed by atoms with Gasteiger partial charge in [-0.15, -0.1) is 11.8 Å². The van der Waals surface area contributed by atoms with Crippen molar-refractivity contribution in [1.29, 1.82) is 5.26 Å². The van der Waals surface area contributed by atoms with Crippen LogP contribution in [0.4, 0.5) is 8.78 Å². The number of aryl methyl sites for hydroxylation is 1. The molecular weight excluding hydrogens is 506 g/mol. The molecule has 0 bridgehead atoms. The maximum absolute atomic E-state index is 13.7. The number of hydrogen-bond acceptors (Lipinski definition) is 6. The molecule has 0 aliphatic heterocycles. The van der Waals surface area contributed by atoms with Crippen LogP contribution in [0.2, 0.25) is 0 Å². The second-order valence-corrected chi connectivity index (χ2v) is 9.13. The first kappa shape index (κ1) is 26.8. The first-order valence-corrected chi connectivity index (χ1v) is 12.8. The van der Waals surface area contributed by atoms with Gasteiger partial charge in [0.1, 0.15) is 28.2 Å². The maximum Gasteiger partial charge on any atom is 0.280 e. The van der Waals surface area contributed by atoms with E-state index in [1.165, 1.54) is 31.0 Å². The maximum atomic E-state index is 13.7. The van der Waals surface area contributed by atoms with E-state index in [1.807, 2.05) is 25.1 Å². The van der Waals surface area contributed by atoms with E-state index < -0.39 is 12.1 Å². The molecule has 0 aliphatic rings. The lowest BCUT2D eigenvalue weighted by Crippen LogP contribution is -2.00. The third-order valence-corrected chi connectivity index (χ3v) is 6.76. The summed E-state index contributed by atoms with van der Waals surface area (Å²) in [6.45, 7) is 2.61. The predicted octanol–water partition coefficient (Wildman–Crippen LogP) is 6.97. The number of ether oxygens (including phenoxy) is 1. The van der Waals surface area contributed by atoms with E-state index in [-0.39, 0.29) is 16.4 Å². The van der Waals surface area contributed by atoms with Gasteiger partial charge in [-0.05, 0) is 48.4 Å². The van der Waals surface area contributed by atoms with Crippen LogP contribution in [0, 0.1) is 11.3 Å². The highest BCUT2D eigenvalue weighted by atomic mass is 32.2. The number of pyridine rings is 1. The predicted molar refractivity (Wildman–Crippen MR) is 143 cm³/mol. The van der Waals surface area contributed by atoms with Crippen LogP contribution in [0.1, 0.15) is 46.2 Å². The third kappa shape index (κ3) is 6.15. The number of alkyl halides is 2. The zero-order valence-electron chi connectivity index (χ0n) is 20.8. The molecule has 0 radical (unpaired) electrons. The molecule has 2 aromatic carbocycles. The topological polar surface area (TPSA) is 80.8 Å². The van der Waals surface area contributed by atoms with Gasteiger partial charge in [0, 0.05) is 29.6 Å².